The number of ether oxygens (including phenoxy) is 2. The Kier molecular flexibility index (Phi) is 7.33. The molecule has 0 radical (unpaired) electrons. The minimum Gasteiger partial charge on any atom is -0.444 e. The molecule has 7 nitrogen and oxygen atoms in total. The minimum atomic E-state index is -1.24. The fourth-order valence-electron chi connectivity index (χ4n) is 3.06. The van der Waals surface area contributed by atoms with E-state index in [2.05, 4.69) is 0 Å². The number of carbonyl (C=O) groups is 1. The first-order valence-electron chi connectivity index (χ1n) is 9.11. The maximum atomic E-state index is 13.4. The molecule has 9 heteroatoms. The topological polar surface area (TPSA) is 105 Å². The number of morpholine rings is 1. The molecule has 1 fully saturated rings. The Balaban J connectivity index is 2.14. The first-order chi connectivity index (χ1) is 13.0. The summed E-state index contributed by atoms with van der Waals surface area (Å²) in [6.07, 6.45) is -2.51. The molecule has 0 spiro atoms. The summed E-state index contributed by atoms with van der Waals surface area (Å²) in [5, 5.41) is 20.1. The van der Waals surface area contributed by atoms with E-state index in [4.69, 9.17) is 15.2 Å². The third kappa shape index (κ3) is 6.10. The van der Waals surface area contributed by atoms with Gasteiger partial charge in [0.05, 0.1) is 38.0 Å². The Bertz CT molecular complexity index is 663. The number of hydrogen-bond donors (Lipinski definition) is 3. The van der Waals surface area contributed by atoms with Crippen molar-refractivity contribution in [2.75, 3.05) is 19.8 Å². The lowest BCUT2D eigenvalue weighted by Gasteiger charge is -2.42. The highest BCUT2D eigenvalue weighted by atomic mass is 19.1. The van der Waals surface area contributed by atoms with Crippen molar-refractivity contribution >= 4 is 6.09 Å². The summed E-state index contributed by atoms with van der Waals surface area (Å²) in [5.41, 5.74) is 5.60. The number of nitrogens with two attached hydrogens (primary N) is 1. The molecule has 158 valence electrons. The zero-order valence-electron chi connectivity index (χ0n) is 16.3. The number of hydrogen-bond acceptors (Lipinski definition) is 6. The Morgan fingerprint density at radius 3 is 2.50 bits per heavy atom. The van der Waals surface area contributed by atoms with Gasteiger partial charge in [-0.05, 0) is 44.9 Å². The Labute approximate surface area is 163 Å². The molecule has 1 amide bonds. The number of aliphatic hydroxyl groups excluding tert-OH is 2. The molecule has 0 bridgehead atoms. The molecule has 1 heterocycles. The van der Waals surface area contributed by atoms with Crippen LogP contribution in [0.4, 0.5) is 13.6 Å². The average Bonchev–Trinajstić information content (AvgIpc) is 2.58. The molecule has 1 aliphatic rings. The van der Waals surface area contributed by atoms with Crippen molar-refractivity contribution in [3.8, 4) is 0 Å². The summed E-state index contributed by atoms with van der Waals surface area (Å²) in [4.78, 5) is 13.9. The van der Waals surface area contributed by atoms with Crippen molar-refractivity contribution in [2.45, 2.75) is 57.1 Å². The number of carbonyl (C=O) groups excluding carboxylic acids is 1. The fraction of sp³-hybridized carbons (Fsp3) is 0.632. The van der Waals surface area contributed by atoms with Crippen LogP contribution < -0.4 is 5.73 Å². The maximum Gasteiger partial charge on any atom is 0.410 e. The van der Waals surface area contributed by atoms with Crippen molar-refractivity contribution in [3.05, 3.63) is 35.4 Å². The normalized spacial score (nSPS) is 22.6. The largest absolute Gasteiger partial charge is 0.444 e. The number of aliphatic hydroxyl groups is 2. The standard InChI is InChI=1S/C19H28F2N2O5/c1-19(2,3)28-18(26)23-8-14(9-24)27-10-16(23)17(25)15(22)6-11-4-12(20)7-13(21)5-11/h4-5,7,14-17,24-25H,6,8-10,22H2,1-3H3/t14-,15+,16?,17+/m1/s1. The summed E-state index contributed by atoms with van der Waals surface area (Å²) in [7, 11) is 0. The molecular weight excluding hydrogens is 374 g/mol. The minimum absolute atomic E-state index is 0.00205. The predicted molar refractivity (Wildman–Crippen MR) is 97.6 cm³/mol. The van der Waals surface area contributed by atoms with Crippen molar-refractivity contribution in [1.29, 1.82) is 0 Å². The molecule has 1 saturated heterocycles. The number of rotatable bonds is 5. The van der Waals surface area contributed by atoms with Crippen LogP contribution >= 0.6 is 0 Å². The van der Waals surface area contributed by atoms with Gasteiger partial charge in [-0.25, -0.2) is 13.6 Å². The van der Waals surface area contributed by atoms with Crippen molar-refractivity contribution < 1.29 is 33.3 Å². The average molecular weight is 402 g/mol. The molecule has 1 unspecified atom stereocenters. The molecular formula is C19H28F2N2O5. The van der Waals surface area contributed by atoms with Crippen LogP contribution in [0.1, 0.15) is 26.3 Å². The lowest BCUT2D eigenvalue weighted by Crippen LogP contribution is -2.62. The van der Waals surface area contributed by atoms with E-state index < -0.39 is 47.6 Å². The molecule has 1 aliphatic heterocycles. The Hall–Kier alpha value is -1.81. The maximum absolute atomic E-state index is 13.4. The predicted octanol–water partition coefficient (Wildman–Crippen LogP) is 1.19. The van der Waals surface area contributed by atoms with Gasteiger partial charge in [0.15, 0.2) is 0 Å². The van der Waals surface area contributed by atoms with Crippen molar-refractivity contribution in [2.24, 2.45) is 5.73 Å². The van der Waals surface area contributed by atoms with Gasteiger partial charge >= 0.3 is 6.09 Å². The second-order valence-corrected chi connectivity index (χ2v) is 7.97. The van der Waals surface area contributed by atoms with Crippen LogP contribution in [0.25, 0.3) is 0 Å². The smallest absolute Gasteiger partial charge is 0.410 e. The first kappa shape index (κ1) is 22.5. The number of halogens is 2. The quantitative estimate of drug-likeness (QED) is 0.683. The van der Waals surface area contributed by atoms with Crippen LogP contribution in [0.15, 0.2) is 18.2 Å². The summed E-state index contributed by atoms with van der Waals surface area (Å²) in [6.45, 7) is 4.81. The summed E-state index contributed by atoms with van der Waals surface area (Å²) >= 11 is 0. The molecule has 28 heavy (non-hydrogen) atoms. The number of benzene rings is 1. The van der Waals surface area contributed by atoms with Gasteiger partial charge in [0, 0.05) is 12.1 Å². The highest BCUT2D eigenvalue weighted by Crippen LogP contribution is 2.21. The van der Waals surface area contributed by atoms with Crippen LogP contribution in [0.3, 0.4) is 0 Å². The number of nitrogens with zero attached hydrogens (tertiary/aromatic N) is 1. The summed E-state index contributed by atoms with van der Waals surface area (Å²) < 4.78 is 37.6. The van der Waals surface area contributed by atoms with Crippen molar-refractivity contribution in [3.63, 3.8) is 0 Å². The second-order valence-electron chi connectivity index (χ2n) is 7.97. The van der Waals surface area contributed by atoms with Gasteiger partial charge < -0.3 is 25.4 Å². The van der Waals surface area contributed by atoms with Gasteiger partial charge in [0.25, 0.3) is 0 Å². The van der Waals surface area contributed by atoms with Crippen LogP contribution in [0, 0.1) is 11.6 Å². The lowest BCUT2D eigenvalue weighted by atomic mass is 9.95. The van der Waals surface area contributed by atoms with E-state index in [1.165, 1.54) is 4.90 Å². The van der Waals surface area contributed by atoms with Crippen LogP contribution in [-0.4, -0.2) is 70.9 Å². The molecule has 2 rings (SSSR count). The SMILES string of the molecule is CC(C)(C)OC(=O)N1C[C@H](CO)OCC1[C@@H](O)[C@@H](N)Cc1cc(F)cc(F)c1. The van der Waals surface area contributed by atoms with E-state index in [9.17, 15) is 23.8 Å². The van der Waals surface area contributed by atoms with E-state index >= 15 is 0 Å². The van der Waals surface area contributed by atoms with Gasteiger partial charge in [-0.15, -0.1) is 0 Å². The van der Waals surface area contributed by atoms with Gasteiger partial charge in [-0.1, -0.05) is 0 Å². The van der Waals surface area contributed by atoms with E-state index in [1.54, 1.807) is 20.8 Å². The van der Waals surface area contributed by atoms with Gasteiger partial charge in [0.2, 0.25) is 0 Å². The highest BCUT2D eigenvalue weighted by Gasteiger charge is 2.40. The Morgan fingerprint density at radius 2 is 1.96 bits per heavy atom. The second kappa shape index (κ2) is 9.13. The molecule has 0 aromatic heterocycles. The highest BCUT2D eigenvalue weighted by molar-refractivity contribution is 5.69. The molecule has 4 atom stereocenters. The molecule has 0 saturated carbocycles. The monoisotopic (exact) mass is 402 g/mol. The van der Waals surface area contributed by atoms with E-state index in [0.29, 0.717) is 0 Å². The third-order valence-electron chi connectivity index (χ3n) is 4.36. The van der Waals surface area contributed by atoms with Crippen LogP contribution in [0.2, 0.25) is 0 Å². The molecule has 0 aliphatic carbocycles. The van der Waals surface area contributed by atoms with Gasteiger partial charge in [0.1, 0.15) is 17.2 Å². The lowest BCUT2D eigenvalue weighted by molar-refractivity contribution is -0.113. The fourth-order valence-corrected chi connectivity index (χ4v) is 3.06. The summed E-state index contributed by atoms with van der Waals surface area (Å²) in [6, 6.07) is 1.29. The van der Waals surface area contributed by atoms with Crippen molar-refractivity contribution in [1.82, 2.24) is 4.90 Å². The zero-order valence-corrected chi connectivity index (χ0v) is 16.3. The zero-order chi connectivity index (χ0) is 21.1. The molecule has 4 N–H and O–H groups in total. The van der Waals surface area contributed by atoms with Crippen LogP contribution in [-0.2, 0) is 15.9 Å². The number of amides is 1. The molecule has 1 aromatic rings. The van der Waals surface area contributed by atoms with E-state index in [1.807, 2.05) is 0 Å². The summed E-state index contributed by atoms with van der Waals surface area (Å²) in [5.74, 6) is -1.47. The van der Waals surface area contributed by atoms with E-state index in [0.717, 1.165) is 18.2 Å². The van der Waals surface area contributed by atoms with Gasteiger partial charge in [-0.3, -0.25) is 4.90 Å². The molecule has 1 aromatic carbocycles. The van der Waals surface area contributed by atoms with Gasteiger partial charge in [-0.2, -0.15) is 0 Å². The third-order valence-corrected chi connectivity index (χ3v) is 4.36. The Morgan fingerprint density at radius 1 is 1.36 bits per heavy atom. The van der Waals surface area contributed by atoms with Crippen LogP contribution in [0.5, 0.6) is 0 Å². The first-order valence-corrected chi connectivity index (χ1v) is 9.11. The van der Waals surface area contributed by atoms with E-state index in [-0.39, 0.29) is 31.7 Å².